The van der Waals surface area contributed by atoms with Gasteiger partial charge in [0.05, 0.1) is 9.80 Å². The second-order valence-corrected chi connectivity index (χ2v) is 8.83. The molecule has 1 heterocycles. The number of carbonyl (C=O) groups excluding carboxylic acids is 1. The molecule has 1 fully saturated rings. The van der Waals surface area contributed by atoms with E-state index in [1.165, 1.54) is 41.3 Å². The molecule has 1 aliphatic heterocycles. The van der Waals surface area contributed by atoms with Crippen molar-refractivity contribution in [1.82, 2.24) is 4.90 Å². The van der Waals surface area contributed by atoms with E-state index in [1.807, 2.05) is 6.92 Å². The van der Waals surface area contributed by atoms with Gasteiger partial charge in [-0.25, -0.2) is 0 Å². The van der Waals surface area contributed by atoms with Crippen molar-refractivity contribution in [2.24, 2.45) is 4.40 Å². The van der Waals surface area contributed by atoms with Crippen LogP contribution in [-0.2, 0) is 14.8 Å². The van der Waals surface area contributed by atoms with Crippen molar-refractivity contribution in [1.29, 1.82) is 0 Å². The molecular formula is C20H18N2O5S2. The van der Waals surface area contributed by atoms with Gasteiger partial charge in [0.25, 0.3) is 15.9 Å². The van der Waals surface area contributed by atoms with Gasteiger partial charge in [0, 0.05) is 18.2 Å². The lowest BCUT2D eigenvalue weighted by molar-refractivity contribution is -0.121. The van der Waals surface area contributed by atoms with Crippen LogP contribution >= 0.6 is 11.8 Å². The molecule has 0 bridgehead atoms. The van der Waals surface area contributed by atoms with Gasteiger partial charge in [-0.05, 0) is 49.0 Å². The van der Waals surface area contributed by atoms with Crippen molar-refractivity contribution >= 4 is 38.9 Å². The maximum absolute atomic E-state index is 12.7. The smallest absolute Gasteiger partial charge is 0.284 e. The monoisotopic (exact) mass is 430 g/mol. The molecule has 0 saturated carbocycles. The highest BCUT2D eigenvalue weighted by atomic mass is 32.2. The number of aryl methyl sites for hydroxylation is 1. The van der Waals surface area contributed by atoms with Crippen molar-refractivity contribution in [3.63, 3.8) is 0 Å². The maximum atomic E-state index is 12.7. The van der Waals surface area contributed by atoms with Gasteiger partial charge in [0.1, 0.15) is 11.5 Å². The van der Waals surface area contributed by atoms with Gasteiger partial charge in [-0.1, -0.05) is 23.8 Å². The summed E-state index contributed by atoms with van der Waals surface area (Å²) < 4.78 is 29.2. The number of thioether (sulfide) groups is 1. The van der Waals surface area contributed by atoms with Crippen LogP contribution in [0.5, 0.6) is 11.5 Å². The zero-order valence-corrected chi connectivity index (χ0v) is 17.1. The van der Waals surface area contributed by atoms with Crippen LogP contribution in [0.1, 0.15) is 11.1 Å². The number of nitrogens with zero attached hydrogens (tertiary/aromatic N) is 2. The molecule has 0 spiro atoms. The van der Waals surface area contributed by atoms with Gasteiger partial charge in [-0.2, -0.15) is 8.42 Å². The fourth-order valence-electron chi connectivity index (χ4n) is 2.53. The minimum atomic E-state index is -4.02. The molecule has 0 radical (unpaired) electrons. The summed E-state index contributed by atoms with van der Waals surface area (Å²) in [5.41, 5.74) is 1.22. The molecule has 0 aliphatic carbocycles. The number of hydrogen-bond donors (Lipinski definition) is 2. The second-order valence-electron chi connectivity index (χ2n) is 6.22. The number of hydrogen-bond acceptors (Lipinski definition) is 6. The largest absolute Gasteiger partial charge is 0.508 e. The molecular weight excluding hydrogens is 412 g/mol. The number of sulfonamides is 1. The van der Waals surface area contributed by atoms with Crippen molar-refractivity contribution in [2.45, 2.75) is 11.8 Å². The lowest BCUT2D eigenvalue weighted by Gasteiger charge is -2.12. The first-order valence-electron chi connectivity index (χ1n) is 8.47. The van der Waals surface area contributed by atoms with E-state index < -0.39 is 15.9 Å². The Bertz CT molecular complexity index is 1140. The molecule has 0 unspecified atom stereocenters. The lowest BCUT2D eigenvalue weighted by atomic mass is 10.1. The van der Waals surface area contributed by atoms with E-state index in [0.717, 1.165) is 23.4 Å². The topological polar surface area (TPSA) is 107 Å². The third-order valence-electron chi connectivity index (χ3n) is 4.02. The Morgan fingerprint density at radius 2 is 1.86 bits per heavy atom. The summed E-state index contributed by atoms with van der Waals surface area (Å²) in [5.74, 6) is -0.783. The van der Waals surface area contributed by atoms with Crippen LogP contribution in [0.15, 0.2) is 69.3 Å². The van der Waals surface area contributed by atoms with Crippen molar-refractivity contribution in [3.05, 3.63) is 71.2 Å². The number of rotatable bonds is 5. The molecule has 3 rings (SSSR count). The molecule has 2 aromatic rings. The Balaban J connectivity index is 2.01. The van der Waals surface area contributed by atoms with E-state index in [0.29, 0.717) is 5.56 Å². The Kier molecular flexibility index (Phi) is 5.81. The first-order valence-corrected chi connectivity index (χ1v) is 10.7. The molecule has 0 atom stereocenters. The Labute approximate surface area is 172 Å². The third-order valence-corrected chi connectivity index (χ3v) is 6.42. The van der Waals surface area contributed by atoms with Gasteiger partial charge >= 0.3 is 0 Å². The first kappa shape index (κ1) is 20.7. The quantitative estimate of drug-likeness (QED) is 0.557. The summed E-state index contributed by atoms with van der Waals surface area (Å²) in [4.78, 5) is 14.1. The zero-order valence-electron chi connectivity index (χ0n) is 15.4. The second kappa shape index (κ2) is 8.14. The van der Waals surface area contributed by atoms with Crippen LogP contribution in [0, 0.1) is 6.92 Å². The fourth-order valence-corrected chi connectivity index (χ4v) is 4.71. The zero-order chi connectivity index (χ0) is 21.2. The average Bonchev–Trinajstić information content (AvgIpc) is 2.93. The first-order chi connectivity index (χ1) is 13.7. The summed E-state index contributed by atoms with van der Waals surface area (Å²) >= 11 is 0.886. The summed E-state index contributed by atoms with van der Waals surface area (Å²) in [5, 5.41) is 19.3. The lowest BCUT2D eigenvalue weighted by Crippen LogP contribution is -2.29. The Hall–Kier alpha value is -3.04. The van der Waals surface area contributed by atoms with E-state index in [2.05, 4.69) is 11.0 Å². The minimum Gasteiger partial charge on any atom is -0.508 e. The maximum Gasteiger partial charge on any atom is 0.284 e. The molecule has 0 aromatic heterocycles. The highest BCUT2D eigenvalue weighted by Gasteiger charge is 2.34. The third kappa shape index (κ3) is 4.52. The van der Waals surface area contributed by atoms with Gasteiger partial charge in [-0.3, -0.25) is 9.69 Å². The van der Waals surface area contributed by atoms with Crippen molar-refractivity contribution in [2.75, 3.05) is 6.54 Å². The number of carbonyl (C=O) groups is 1. The van der Waals surface area contributed by atoms with Crippen LogP contribution in [-0.4, -0.2) is 41.2 Å². The molecule has 29 heavy (non-hydrogen) atoms. The Morgan fingerprint density at radius 1 is 1.17 bits per heavy atom. The normalized spacial score (nSPS) is 17.3. The standard InChI is InChI=1S/C20H18N2O5S2/c1-3-10-22-19(25)18(11-14-6-7-15(23)12-17(14)24)28-20(22)21-29(26,27)16-8-4-13(2)5-9-16/h3-9,11-12,23-24H,1,10H2,2H3/b18-11-,21-20+. The minimum absolute atomic E-state index is 0.00000635. The SMILES string of the molecule is C=CCN1C(=O)/C(=C/c2ccc(O)cc2O)S/C1=N/S(=O)(=O)c1ccc(C)cc1. The summed E-state index contributed by atoms with van der Waals surface area (Å²) in [6.45, 7) is 5.51. The van der Waals surface area contributed by atoms with Crippen LogP contribution in [0.25, 0.3) is 6.08 Å². The van der Waals surface area contributed by atoms with Gasteiger partial charge in [0.2, 0.25) is 0 Å². The van der Waals surface area contributed by atoms with Crippen LogP contribution < -0.4 is 0 Å². The van der Waals surface area contributed by atoms with Gasteiger partial charge in [-0.15, -0.1) is 11.0 Å². The van der Waals surface area contributed by atoms with Gasteiger partial charge in [0.15, 0.2) is 5.17 Å². The highest BCUT2D eigenvalue weighted by Crippen LogP contribution is 2.35. The number of amidine groups is 1. The molecule has 2 N–H and O–H groups in total. The number of amides is 1. The molecule has 150 valence electrons. The molecule has 1 amide bonds. The predicted octanol–water partition coefficient (Wildman–Crippen LogP) is 3.25. The van der Waals surface area contributed by atoms with E-state index in [1.54, 1.807) is 12.1 Å². The van der Waals surface area contributed by atoms with E-state index in [4.69, 9.17) is 0 Å². The van der Waals surface area contributed by atoms with Crippen molar-refractivity contribution in [3.8, 4) is 11.5 Å². The number of benzene rings is 2. The average molecular weight is 431 g/mol. The number of phenolic OH excluding ortho intramolecular Hbond substituents is 2. The molecule has 9 heteroatoms. The highest BCUT2D eigenvalue weighted by molar-refractivity contribution is 8.19. The van der Waals surface area contributed by atoms with E-state index in [9.17, 15) is 23.4 Å². The molecule has 1 saturated heterocycles. The molecule has 7 nitrogen and oxygen atoms in total. The van der Waals surface area contributed by atoms with Crippen LogP contribution in [0.4, 0.5) is 0 Å². The molecule has 1 aliphatic rings. The Morgan fingerprint density at radius 3 is 2.48 bits per heavy atom. The summed E-state index contributed by atoms with van der Waals surface area (Å²) in [6, 6.07) is 10.2. The van der Waals surface area contributed by atoms with E-state index in [-0.39, 0.29) is 33.0 Å². The van der Waals surface area contributed by atoms with Gasteiger partial charge < -0.3 is 10.2 Å². The van der Waals surface area contributed by atoms with Crippen LogP contribution in [0.2, 0.25) is 0 Å². The number of phenols is 2. The number of aromatic hydroxyl groups is 2. The van der Waals surface area contributed by atoms with Crippen LogP contribution in [0.3, 0.4) is 0 Å². The summed E-state index contributed by atoms with van der Waals surface area (Å²) in [6.07, 6.45) is 2.88. The fraction of sp³-hybridized carbons (Fsp3) is 0.100. The predicted molar refractivity (Wildman–Crippen MR) is 113 cm³/mol. The van der Waals surface area contributed by atoms with Crippen molar-refractivity contribution < 1.29 is 23.4 Å². The van der Waals surface area contributed by atoms with E-state index >= 15 is 0 Å². The molecule has 2 aromatic carbocycles. The summed E-state index contributed by atoms with van der Waals surface area (Å²) in [7, 11) is -4.02.